The monoisotopic (exact) mass is 350 g/mol. The molecule has 0 bridgehead atoms. The van der Waals surface area contributed by atoms with Crippen LogP contribution in [0.25, 0.3) is 0 Å². The van der Waals surface area contributed by atoms with Crippen molar-refractivity contribution < 1.29 is 4.79 Å². The van der Waals surface area contributed by atoms with E-state index in [2.05, 4.69) is 15.0 Å². The maximum absolute atomic E-state index is 12.4. The van der Waals surface area contributed by atoms with Gasteiger partial charge < -0.3 is 9.88 Å². The molecular formula is C15H18N4O2S2. The first-order valence-corrected chi connectivity index (χ1v) is 9.35. The number of rotatable bonds is 4. The molecule has 1 aliphatic rings. The molecule has 2 aromatic rings. The van der Waals surface area contributed by atoms with Gasteiger partial charge in [0.2, 0.25) is 5.91 Å². The van der Waals surface area contributed by atoms with Crippen LogP contribution >= 0.6 is 23.1 Å². The number of nitrogens with zero attached hydrogens (tertiary/aromatic N) is 3. The van der Waals surface area contributed by atoms with E-state index in [9.17, 15) is 9.59 Å². The van der Waals surface area contributed by atoms with Gasteiger partial charge in [-0.3, -0.25) is 9.59 Å². The Morgan fingerprint density at radius 3 is 3.17 bits per heavy atom. The SMILES string of the molecule is Cc1csc(SCC(=O)N2CCCC(c3cc(=O)[nH]cn3)C2)n1. The number of piperidine rings is 1. The molecule has 1 N–H and O–H groups in total. The van der Waals surface area contributed by atoms with E-state index in [1.165, 1.54) is 24.2 Å². The van der Waals surface area contributed by atoms with Crippen LogP contribution in [0.15, 0.2) is 26.9 Å². The average Bonchev–Trinajstić information content (AvgIpc) is 2.98. The standard InChI is InChI=1S/C15H18N4O2S2/c1-10-7-22-15(18-10)23-8-14(21)19-4-2-3-11(6-19)12-5-13(20)17-9-16-12/h5,7,9,11H,2-4,6,8H2,1H3,(H,16,17,20). The molecule has 1 unspecified atom stereocenters. The maximum atomic E-state index is 12.4. The second kappa shape index (κ2) is 7.27. The van der Waals surface area contributed by atoms with E-state index in [1.54, 1.807) is 11.3 Å². The Morgan fingerprint density at radius 1 is 1.57 bits per heavy atom. The minimum atomic E-state index is -0.145. The fourth-order valence-corrected chi connectivity index (χ4v) is 4.42. The fraction of sp³-hybridized carbons (Fsp3) is 0.467. The number of likely N-dealkylation sites (tertiary alicyclic amines) is 1. The van der Waals surface area contributed by atoms with E-state index < -0.39 is 0 Å². The molecule has 3 heterocycles. The van der Waals surface area contributed by atoms with Crippen molar-refractivity contribution in [2.45, 2.75) is 30.0 Å². The summed E-state index contributed by atoms with van der Waals surface area (Å²) in [4.78, 5) is 36.9. The van der Waals surface area contributed by atoms with E-state index >= 15 is 0 Å². The minimum absolute atomic E-state index is 0.123. The van der Waals surface area contributed by atoms with Gasteiger partial charge in [0.15, 0.2) is 4.34 Å². The molecule has 3 rings (SSSR count). The van der Waals surface area contributed by atoms with Crippen LogP contribution in [0.4, 0.5) is 0 Å². The lowest BCUT2D eigenvalue weighted by atomic mass is 9.94. The molecule has 0 saturated carbocycles. The van der Waals surface area contributed by atoms with Gasteiger partial charge in [-0.25, -0.2) is 9.97 Å². The van der Waals surface area contributed by atoms with Gasteiger partial charge in [0.1, 0.15) is 0 Å². The van der Waals surface area contributed by atoms with E-state index in [0.29, 0.717) is 12.3 Å². The molecule has 1 saturated heterocycles. The molecular weight excluding hydrogens is 332 g/mol. The summed E-state index contributed by atoms with van der Waals surface area (Å²) < 4.78 is 0.931. The highest BCUT2D eigenvalue weighted by atomic mass is 32.2. The van der Waals surface area contributed by atoms with Crippen LogP contribution < -0.4 is 5.56 Å². The number of carbonyl (C=O) groups is 1. The van der Waals surface area contributed by atoms with Gasteiger partial charge in [-0.1, -0.05) is 11.8 Å². The zero-order valence-corrected chi connectivity index (χ0v) is 14.5. The van der Waals surface area contributed by atoms with Gasteiger partial charge >= 0.3 is 0 Å². The molecule has 0 aliphatic carbocycles. The van der Waals surface area contributed by atoms with E-state index in [1.807, 2.05) is 17.2 Å². The van der Waals surface area contributed by atoms with Gasteiger partial charge in [-0.05, 0) is 19.8 Å². The van der Waals surface area contributed by atoms with Crippen LogP contribution in [-0.4, -0.2) is 44.6 Å². The summed E-state index contributed by atoms with van der Waals surface area (Å²) in [5.41, 5.74) is 1.62. The number of thioether (sulfide) groups is 1. The highest BCUT2D eigenvalue weighted by molar-refractivity contribution is 8.01. The van der Waals surface area contributed by atoms with Crippen molar-refractivity contribution in [1.82, 2.24) is 19.9 Å². The summed E-state index contributed by atoms with van der Waals surface area (Å²) in [5, 5.41) is 1.99. The van der Waals surface area contributed by atoms with Crippen molar-refractivity contribution >= 4 is 29.0 Å². The predicted octanol–water partition coefficient (Wildman–Crippen LogP) is 2.03. The largest absolute Gasteiger partial charge is 0.341 e. The van der Waals surface area contributed by atoms with Gasteiger partial charge in [0.05, 0.1) is 17.8 Å². The summed E-state index contributed by atoms with van der Waals surface area (Å²) in [6.45, 7) is 3.36. The van der Waals surface area contributed by atoms with Gasteiger partial charge in [0, 0.05) is 36.1 Å². The van der Waals surface area contributed by atoms with Gasteiger partial charge in [0.25, 0.3) is 5.56 Å². The number of hydrogen-bond acceptors (Lipinski definition) is 6. The lowest BCUT2D eigenvalue weighted by molar-refractivity contribution is -0.129. The summed E-state index contributed by atoms with van der Waals surface area (Å²) in [6.07, 6.45) is 3.32. The Morgan fingerprint density at radius 2 is 2.43 bits per heavy atom. The number of nitrogens with one attached hydrogen (secondary N) is 1. The Bertz CT molecular complexity index is 743. The zero-order chi connectivity index (χ0) is 16.2. The van der Waals surface area contributed by atoms with E-state index in [4.69, 9.17) is 0 Å². The van der Waals surface area contributed by atoms with Crippen molar-refractivity contribution in [2.75, 3.05) is 18.8 Å². The number of aryl methyl sites for hydroxylation is 1. The number of thiazole rings is 1. The Hall–Kier alpha value is -1.67. The molecule has 122 valence electrons. The second-order valence-corrected chi connectivity index (χ2v) is 7.64. The molecule has 0 spiro atoms. The number of aromatic amines is 1. The number of carbonyl (C=O) groups excluding carboxylic acids is 1. The Kier molecular flexibility index (Phi) is 5.12. The lowest BCUT2D eigenvalue weighted by Gasteiger charge is -2.32. The molecule has 1 fully saturated rings. The molecule has 8 heteroatoms. The first kappa shape index (κ1) is 16.2. The molecule has 6 nitrogen and oxygen atoms in total. The van der Waals surface area contributed by atoms with Crippen LogP contribution in [0.5, 0.6) is 0 Å². The van der Waals surface area contributed by atoms with Gasteiger partial charge in [-0.15, -0.1) is 11.3 Å². The minimum Gasteiger partial charge on any atom is -0.341 e. The first-order valence-electron chi connectivity index (χ1n) is 7.49. The molecule has 2 aromatic heterocycles. The quantitative estimate of drug-likeness (QED) is 0.854. The molecule has 1 atom stereocenters. The van der Waals surface area contributed by atoms with Crippen molar-refractivity contribution in [3.05, 3.63) is 39.5 Å². The number of amides is 1. The molecule has 1 aliphatic heterocycles. The number of H-pyrrole nitrogens is 1. The Labute approximate surface area is 142 Å². The molecule has 1 amide bonds. The predicted molar refractivity (Wildman–Crippen MR) is 91.0 cm³/mol. The first-order chi connectivity index (χ1) is 11.1. The summed E-state index contributed by atoms with van der Waals surface area (Å²) in [7, 11) is 0. The smallest absolute Gasteiger partial charge is 0.250 e. The van der Waals surface area contributed by atoms with E-state index in [-0.39, 0.29) is 17.4 Å². The van der Waals surface area contributed by atoms with Crippen LogP contribution in [0.1, 0.15) is 30.1 Å². The number of hydrogen-bond donors (Lipinski definition) is 1. The average molecular weight is 350 g/mol. The molecule has 0 radical (unpaired) electrons. The third-order valence-corrected chi connectivity index (χ3v) is 5.93. The lowest BCUT2D eigenvalue weighted by Crippen LogP contribution is -2.40. The summed E-state index contributed by atoms with van der Waals surface area (Å²) in [6, 6.07) is 1.53. The van der Waals surface area contributed by atoms with Gasteiger partial charge in [-0.2, -0.15) is 0 Å². The zero-order valence-electron chi connectivity index (χ0n) is 12.8. The summed E-state index contributed by atoms with van der Waals surface area (Å²) in [5.74, 6) is 0.669. The van der Waals surface area contributed by atoms with Crippen LogP contribution in [0, 0.1) is 6.92 Å². The van der Waals surface area contributed by atoms with Crippen molar-refractivity contribution in [3.8, 4) is 0 Å². The van der Waals surface area contributed by atoms with Crippen molar-refractivity contribution in [2.24, 2.45) is 0 Å². The Balaban J connectivity index is 1.59. The maximum Gasteiger partial charge on any atom is 0.250 e. The normalized spacial score (nSPS) is 18.1. The molecule has 0 aromatic carbocycles. The topological polar surface area (TPSA) is 79.0 Å². The highest BCUT2D eigenvalue weighted by Crippen LogP contribution is 2.27. The van der Waals surface area contributed by atoms with Crippen LogP contribution in [0.2, 0.25) is 0 Å². The van der Waals surface area contributed by atoms with Crippen LogP contribution in [0.3, 0.4) is 0 Å². The second-order valence-electron chi connectivity index (χ2n) is 5.56. The number of aromatic nitrogens is 3. The third kappa shape index (κ3) is 4.20. The van der Waals surface area contributed by atoms with Crippen LogP contribution in [-0.2, 0) is 4.79 Å². The van der Waals surface area contributed by atoms with Crippen molar-refractivity contribution in [3.63, 3.8) is 0 Å². The summed E-state index contributed by atoms with van der Waals surface area (Å²) >= 11 is 3.06. The molecule has 23 heavy (non-hydrogen) atoms. The third-order valence-electron chi connectivity index (χ3n) is 3.81. The van der Waals surface area contributed by atoms with Crippen molar-refractivity contribution in [1.29, 1.82) is 0 Å². The fourth-order valence-electron chi connectivity index (χ4n) is 2.67. The highest BCUT2D eigenvalue weighted by Gasteiger charge is 2.25. The van der Waals surface area contributed by atoms with E-state index in [0.717, 1.165) is 35.1 Å².